The molecule has 4 aromatic rings. The molecule has 7 nitrogen and oxygen atoms in total. The van der Waals surface area contributed by atoms with Gasteiger partial charge in [0.25, 0.3) is 5.91 Å². The molecule has 5 rings (SSSR count). The predicted molar refractivity (Wildman–Crippen MR) is 127 cm³/mol. The van der Waals surface area contributed by atoms with E-state index in [2.05, 4.69) is 10.00 Å². The van der Waals surface area contributed by atoms with Crippen LogP contribution in [0, 0.1) is 13.8 Å². The summed E-state index contributed by atoms with van der Waals surface area (Å²) in [4.78, 5) is 21.9. The third kappa shape index (κ3) is 3.71. The minimum atomic E-state index is 0.0972. The summed E-state index contributed by atoms with van der Waals surface area (Å²) in [5.41, 5.74) is 4.69. The van der Waals surface area contributed by atoms with Crippen LogP contribution in [0.2, 0.25) is 0 Å². The number of methoxy groups -OCH3 is 1. The van der Waals surface area contributed by atoms with E-state index in [0.717, 1.165) is 56.8 Å². The molecule has 164 valence electrons. The van der Waals surface area contributed by atoms with Crippen molar-refractivity contribution in [2.45, 2.75) is 13.8 Å². The van der Waals surface area contributed by atoms with Gasteiger partial charge in [-0.25, -0.2) is 4.68 Å². The zero-order valence-electron chi connectivity index (χ0n) is 18.4. The van der Waals surface area contributed by atoms with Crippen LogP contribution in [0.3, 0.4) is 0 Å². The number of benzene rings is 2. The van der Waals surface area contributed by atoms with Gasteiger partial charge in [-0.3, -0.25) is 4.79 Å². The number of ether oxygens (including phenoxy) is 1. The standard InChI is InChI=1S/C24H25N5O2S/c1-16-4-6-18(7-5-16)23(30)27-12-14-28(15-13-27)24-25-22-21(32-24)17(2)26-29(22)19-8-10-20(31-3)11-9-19/h4-11H,12-15H2,1-3H3. The molecule has 0 unspecified atom stereocenters. The van der Waals surface area contributed by atoms with Crippen LogP contribution in [-0.2, 0) is 0 Å². The Hall–Kier alpha value is -3.39. The number of anilines is 1. The van der Waals surface area contributed by atoms with Crippen molar-refractivity contribution in [2.75, 3.05) is 38.2 Å². The average molecular weight is 448 g/mol. The van der Waals surface area contributed by atoms with Gasteiger partial charge >= 0.3 is 0 Å². The van der Waals surface area contributed by atoms with Gasteiger partial charge in [0.15, 0.2) is 10.8 Å². The van der Waals surface area contributed by atoms with Crippen molar-refractivity contribution in [3.63, 3.8) is 0 Å². The van der Waals surface area contributed by atoms with Crippen LogP contribution >= 0.6 is 11.3 Å². The van der Waals surface area contributed by atoms with E-state index in [0.29, 0.717) is 13.1 Å². The first-order valence-corrected chi connectivity index (χ1v) is 11.5. The molecule has 1 aliphatic heterocycles. The minimum absolute atomic E-state index is 0.0972. The lowest BCUT2D eigenvalue weighted by molar-refractivity contribution is 0.0747. The zero-order valence-corrected chi connectivity index (χ0v) is 19.2. The number of fused-ring (bicyclic) bond motifs is 1. The Balaban J connectivity index is 1.33. The van der Waals surface area contributed by atoms with Crippen LogP contribution in [0.25, 0.3) is 16.0 Å². The Labute approximate surface area is 190 Å². The summed E-state index contributed by atoms with van der Waals surface area (Å²) in [6.45, 7) is 6.95. The van der Waals surface area contributed by atoms with Gasteiger partial charge in [0.1, 0.15) is 5.75 Å². The van der Waals surface area contributed by atoms with Crippen LogP contribution in [0.4, 0.5) is 5.13 Å². The topological polar surface area (TPSA) is 63.5 Å². The third-order valence-corrected chi connectivity index (χ3v) is 7.04. The number of hydrogen-bond acceptors (Lipinski definition) is 6. The van der Waals surface area contributed by atoms with Crippen molar-refractivity contribution in [2.24, 2.45) is 0 Å². The fourth-order valence-electron chi connectivity index (χ4n) is 3.94. The summed E-state index contributed by atoms with van der Waals surface area (Å²) < 4.78 is 8.24. The molecule has 2 aromatic carbocycles. The van der Waals surface area contributed by atoms with Crippen LogP contribution in [0.5, 0.6) is 5.75 Å². The van der Waals surface area contributed by atoms with Crippen molar-refractivity contribution in [1.82, 2.24) is 19.7 Å². The number of carbonyl (C=O) groups is 1. The normalized spacial score (nSPS) is 14.2. The number of carbonyl (C=O) groups excluding carboxylic acids is 1. The fourth-order valence-corrected chi connectivity index (χ4v) is 4.98. The molecule has 0 spiro atoms. The molecule has 2 aromatic heterocycles. The van der Waals surface area contributed by atoms with Crippen LogP contribution in [0.15, 0.2) is 48.5 Å². The molecule has 32 heavy (non-hydrogen) atoms. The maximum absolute atomic E-state index is 12.8. The first kappa shape index (κ1) is 20.5. The van der Waals surface area contributed by atoms with Crippen molar-refractivity contribution in [1.29, 1.82) is 0 Å². The zero-order chi connectivity index (χ0) is 22.2. The van der Waals surface area contributed by atoms with E-state index in [1.54, 1.807) is 18.4 Å². The van der Waals surface area contributed by atoms with Crippen LogP contribution in [-0.4, -0.2) is 58.9 Å². The van der Waals surface area contributed by atoms with Gasteiger partial charge in [-0.1, -0.05) is 29.0 Å². The second kappa shape index (κ2) is 8.27. The number of thiazole rings is 1. The number of nitrogens with zero attached hydrogens (tertiary/aromatic N) is 5. The molecule has 1 saturated heterocycles. The van der Waals surface area contributed by atoms with Crippen molar-refractivity contribution >= 4 is 32.7 Å². The van der Waals surface area contributed by atoms with E-state index in [1.165, 1.54) is 0 Å². The smallest absolute Gasteiger partial charge is 0.253 e. The number of aryl methyl sites for hydroxylation is 2. The molecule has 0 N–H and O–H groups in total. The summed E-state index contributed by atoms with van der Waals surface area (Å²) in [5, 5.41) is 5.67. The van der Waals surface area contributed by atoms with Gasteiger partial charge in [0.2, 0.25) is 0 Å². The molecule has 0 atom stereocenters. The van der Waals surface area contributed by atoms with Crippen LogP contribution < -0.4 is 9.64 Å². The Kier molecular flexibility index (Phi) is 5.30. The number of hydrogen-bond donors (Lipinski definition) is 0. The minimum Gasteiger partial charge on any atom is -0.497 e. The molecule has 8 heteroatoms. The van der Waals surface area contributed by atoms with Crippen molar-refractivity contribution in [3.05, 3.63) is 65.4 Å². The second-order valence-corrected chi connectivity index (χ2v) is 8.97. The summed E-state index contributed by atoms with van der Waals surface area (Å²) in [6.07, 6.45) is 0. The third-order valence-electron chi connectivity index (χ3n) is 5.83. The highest BCUT2D eigenvalue weighted by Crippen LogP contribution is 2.33. The Morgan fingerprint density at radius 1 is 0.969 bits per heavy atom. The highest BCUT2D eigenvalue weighted by molar-refractivity contribution is 7.22. The lowest BCUT2D eigenvalue weighted by Crippen LogP contribution is -2.48. The number of piperazine rings is 1. The predicted octanol–water partition coefficient (Wildman–Crippen LogP) is 4.07. The quantitative estimate of drug-likeness (QED) is 0.472. The van der Waals surface area contributed by atoms with E-state index < -0.39 is 0 Å². The SMILES string of the molecule is COc1ccc(-n2nc(C)c3sc(N4CCN(C(=O)c5ccc(C)cc5)CC4)nc32)cc1. The number of rotatable bonds is 4. The molecule has 3 heterocycles. The van der Waals surface area contributed by atoms with E-state index >= 15 is 0 Å². The molecule has 0 aliphatic carbocycles. The van der Waals surface area contributed by atoms with Gasteiger partial charge in [0, 0.05) is 31.7 Å². The molecule has 0 radical (unpaired) electrons. The molecule has 0 bridgehead atoms. The Bertz CT molecular complexity index is 1250. The van der Waals surface area contributed by atoms with Gasteiger partial charge in [0.05, 0.1) is 23.2 Å². The largest absolute Gasteiger partial charge is 0.497 e. The molecule has 1 fully saturated rings. The summed E-state index contributed by atoms with van der Waals surface area (Å²) >= 11 is 1.66. The monoisotopic (exact) mass is 447 g/mol. The van der Waals surface area contributed by atoms with Gasteiger partial charge in [-0.15, -0.1) is 0 Å². The lowest BCUT2D eigenvalue weighted by atomic mass is 10.1. The van der Waals surface area contributed by atoms with E-state index in [-0.39, 0.29) is 5.91 Å². The number of amides is 1. The van der Waals surface area contributed by atoms with E-state index in [9.17, 15) is 4.79 Å². The van der Waals surface area contributed by atoms with Crippen molar-refractivity contribution < 1.29 is 9.53 Å². The highest BCUT2D eigenvalue weighted by Gasteiger charge is 2.25. The lowest BCUT2D eigenvalue weighted by Gasteiger charge is -2.34. The first-order valence-electron chi connectivity index (χ1n) is 10.6. The second-order valence-electron chi connectivity index (χ2n) is 7.99. The van der Waals surface area contributed by atoms with Gasteiger partial charge in [-0.2, -0.15) is 10.1 Å². The Morgan fingerprint density at radius 3 is 2.31 bits per heavy atom. The average Bonchev–Trinajstić information content (AvgIpc) is 3.40. The number of aromatic nitrogens is 3. The van der Waals surface area contributed by atoms with Crippen molar-refractivity contribution in [3.8, 4) is 11.4 Å². The van der Waals surface area contributed by atoms with E-state index in [1.807, 2.05) is 72.0 Å². The maximum atomic E-state index is 12.8. The van der Waals surface area contributed by atoms with Crippen LogP contribution in [0.1, 0.15) is 21.6 Å². The summed E-state index contributed by atoms with van der Waals surface area (Å²) in [6, 6.07) is 15.6. The molecule has 1 amide bonds. The maximum Gasteiger partial charge on any atom is 0.253 e. The Morgan fingerprint density at radius 2 is 1.66 bits per heavy atom. The summed E-state index contributed by atoms with van der Waals surface area (Å²) in [5.74, 6) is 0.908. The first-order chi connectivity index (χ1) is 15.5. The summed E-state index contributed by atoms with van der Waals surface area (Å²) in [7, 11) is 1.66. The highest BCUT2D eigenvalue weighted by atomic mass is 32.1. The van der Waals surface area contributed by atoms with Gasteiger partial charge in [-0.05, 0) is 50.2 Å². The molecule has 1 aliphatic rings. The molecular formula is C24H25N5O2S. The van der Waals surface area contributed by atoms with E-state index in [4.69, 9.17) is 9.72 Å². The fraction of sp³-hybridized carbons (Fsp3) is 0.292. The van der Waals surface area contributed by atoms with Gasteiger partial charge < -0.3 is 14.5 Å². The molecular weight excluding hydrogens is 422 g/mol. The molecule has 0 saturated carbocycles.